The topological polar surface area (TPSA) is 384 Å². The third kappa shape index (κ3) is 15.1. The van der Waals surface area contributed by atoms with Gasteiger partial charge in [0.15, 0.2) is 17.7 Å². The lowest BCUT2D eigenvalue weighted by Gasteiger charge is -2.30. The maximum Gasteiger partial charge on any atom is 0.481 e. The molecule has 1 fully saturated rings. The highest BCUT2D eigenvalue weighted by molar-refractivity contribution is 7.99. The van der Waals surface area contributed by atoms with E-state index in [1.165, 1.54) is 25.6 Å². The Morgan fingerprint density at radius 2 is 1.75 bits per heavy atom. The van der Waals surface area contributed by atoms with Crippen molar-refractivity contribution in [1.29, 1.82) is 0 Å². The zero-order valence-corrected chi connectivity index (χ0v) is 33.3. The van der Waals surface area contributed by atoms with E-state index in [9.17, 15) is 57.9 Å². The number of phosphoric ester groups is 3. The second-order valence-corrected chi connectivity index (χ2v) is 17.9. The van der Waals surface area contributed by atoms with Crippen LogP contribution >= 0.6 is 35.2 Å². The molecular formula is C27H44N7O18P3S. The first-order valence-electron chi connectivity index (χ1n) is 16.4. The third-order valence-electron chi connectivity index (χ3n) is 7.55. The van der Waals surface area contributed by atoms with Crippen LogP contribution in [0, 0.1) is 5.41 Å². The second kappa shape index (κ2) is 20.7. The number of allylic oxidation sites excluding steroid dienone is 1. The highest BCUT2D eigenvalue weighted by atomic mass is 32.2. The minimum atomic E-state index is -5.57. The van der Waals surface area contributed by atoms with Crippen molar-refractivity contribution in [2.75, 3.05) is 43.5 Å². The van der Waals surface area contributed by atoms with Crippen LogP contribution < -0.4 is 16.4 Å². The standard InChI is InChI=1S/C27H44N7O18P3S/c1-27(2,22(39)25(40)30-8-7-17(35)29-9-11-56-10-5-3-4-6-18(36)37)13-49-55(46,47)52-54(44,45)48-12-16-21(51-53(41,42)43)20(38)26(50-16)34-15-33-19-23(28)31-14-32-24(19)34/h3,5,14-16,20-22,26,38-39H,4,6-13H2,1-2H3,(H,29,35)(H,30,40)(H,36,37)(H,44,45)(H,46,47)(H2,28,31,32)(H2,41,42,43)/t16-,20-,21-,22+,26-/m1/s1. The molecule has 2 amide bonds. The number of imidazole rings is 1. The predicted octanol–water partition coefficient (Wildman–Crippen LogP) is -0.441. The molecule has 3 heterocycles. The summed E-state index contributed by atoms with van der Waals surface area (Å²) in [4.78, 5) is 86.0. The maximum absolute atomic E-state index is 12.7. The number of carbonyl (C=O) groups is 3. The number of nitrogens with one attached hydrogen (secondary N) is 2. The Bertz CT molecular complexity index is 1850. The van der Waals surface area contributed by atoms with Gasteiger partial charge in [-0.15, -0.1) is 0 Å². The number of aliphatic hydroxyl groups is 2. The fraction of sp³-hybridized carbons (Fsp3) is 0.630. The Hall–Kier alpha value is -2.90. The number of ether oxygens (including phenoxy) is 1. The number of aliphatic carboxylic acids is 1. The van der Waals surface area contributed by atoms with E-state index in [0.29, 0.717) is 24.5 Å². The number of carboxylic acids is 1. The molecule has 1 saturated heterocycles. The van der Waals surface area contributed by atoms with Gasteiger partial charge >= 0.3 is 29.4 Å². The number of thioether (sulfide) groups is 1. The van der Waals surface area contributed by atoms with Gasteiger partial charge in [-0.2, -0.15) is 16.1 Å². The van der Waals surface area contributed by atoms with E-state index in [2.05, 4.69) is 34.4 Å². The van der Waals surface area contributed by atoms with Crippen LogP contribution in [0.2, 0.25) is 0 Å². The number of hydrogen-bond donors (Lipinski definition) is 10. The second-order valence-electron chi connectivity index (χ2n) is 12.5. The molecule has 29 heteroatoms. The fourth-order valence-electron chi connectivity index (χ4n) is 4.75. The fourth-order valence-corrected chi connectivity index (χ4v) is 8.26. The summed E-state index contributed by atoms with van der Waals surface area (Å²) in [6.45, 7) is 0.654. The quantitative estimate of drug-likeness (QED) is 0.0363. The van der Waals surface area contributed by atoms with Crippen molar-refractivity contribution in [1.82, 2.24) is 30.2 Å². The molecule has 0 radical (unpaired) electrons. The Labute approximate surface area is 322 Å². The molecule has 316 valence electrons. The van der Waals surface area contributed by atoms with E-state index in [1.807, 2.05) is 6.08 Å². The van der Waals surface area contributed by atoms with E-state index in [-0.39, 0.29) is 42.3 Å². The van der Waals surface area contributed by atoms with Crippen molar-refractivity contribution in [2.24, 2.45) is 5.41 Å². The number of amides is 2. The monoisotopic (exact) mass is 879 g/mol. The summed E-state index contributed by atoms with van der Waals surface area (Å²) < 4.78 is 62.0. The average molecular weight is 880 g/mol. The van der Waals surface area contributed by atoms with E-state index in [4.69, 9.17) is 24.6 Å². The number of rotatable bonds is 24. The van der Waals surface area contributed by atoms with Crippen molar-refractivity contribution in [3.63, 3.8) is 0 Å². The number of nitrogens with two attached hydrogens (primary N) is 1. The molecule has 0 saturated carbocycles. The van der Waals surface area contributed by atoms with Crippen LogP contribution in [-0.2, 0) is 50.7 Å². The minimum absolute atomic E-state index is 0.0290. The van der Waals surface area contributed by atoms with Crippen molar-refractivity contribution < 1.29 is 85.6 Å². The average Bonchev–Trinajstić information content (AvgIpc) is 3.65. The number of nitrogen functional groups attached to an aromatic ring is 1. The normalized spacial score (nSPS) is 21.8. The Morgan fingerprint density at radius 3 is 2.43 bits per heavy atom. The van der Waals surface area contributed by atoms with E-state index in [1.54, 1.807) is 6.08 Å². The molecule has 7 atom stereocenters. The van der Waals surface area contributed by atoms with Crippen molar-refractivity contribution in [3.8, 4) is 0 Å². The number of nitrogens with zero attached hydrogens (tertiary/aromatic N) is 4. The van der Waals surface area contributed by atoms with Crippen molar-refractivity contribution >= 4 is 70.0 Å². The van der Waals surface area contributed by atoms with Gasteiger partial charge in [-0.1, -0.05) is 26.0 Å². The number of carbonyl (C=O) groups excluding carboxylic acids is 2. The highest BCUT2D eigenvalue weighted by Gasteiger charge is 2.50. The first kappa shape index (κ1) is 47.5. The summed E-state index contributed by atoms with van der Waals surface area (Å²) in [7, 11) is -16.4. The van der Waals surface area contributed by atoms with E-state index in [0.717, 1.165) is 17.2 Å². The molecule has 2 aromatic heterocycles. The third-order valence-corrected chi connectivity index (χ3v) is 11.6. The van der Waals surface area contributed by atoms with Gasteiger partial charge in [0.2, 0.25) is 11.8 Å². The summed E-state index contributed by atoms with van der Waals surface area (Å²) in [6, 6.07) is 0. The number of fused-ring (bicyclic) bond motifs is 1. The molecule has 3 rings (SSSR count). The first-order valence-corrected chi connectivity index (χ1v) is 22.0. The minimum Gasteiger partial charge on any atom is -0.481 e. The number of carboxylic acid groups (broad SMARTS) is 1. The van der Waals surface area contributed by atoms with Gasteiger partial charge in [0.05, 0.1) is 19.5 Å². The molecule has 11 N–H and O–H groups in total. The molecule has 25 nitrogen and oxygen atoms in total. The van der Waals surface area contributed by atoms with Gasteiger partial charge in [0.1, 0.15) is 36.3 Å². The van der Waals surface area contributed by atoms with Gasteiger partial charge in [0.25, 0.3) is 0 Å². The van der Waals surface area contributed by atoms with Gasteiger partial charge in [-0.25, -0.2) is 28.6 Å². The van der Waals surface area contributed by atoms with Crippen LogP contribution in [0.3, 0.4) is 0 Å². The zero-order chi connectivity index (χ0) is 41.9. The van der Waals surface area contributed by atoms with E-state index >= 15 is 0 Å². The lowest BCUT2D eigenvalue weighted by molar-refractivity contribution is -0.137. The van der Waals surface area contributed by atoms with Gasteiger partial charge in [-0.3, -0.25) is 32.5 Å². The van der Waals surface area contributed by atoms with Crippen LogP contribution in [-0.4, -0.2) is 134 Å². The van der Waals surface area contributed by atoms with Crippen LogP contribution in [0.25, 0.3) is 11.2 Å². The summed E-state index contributed by atoms with van der Waals surface area (Å²) in [5.41, 5.74) is 4.26. The predicted molar refractivity (Wildman–Crippen MR) is 193 cm³/mol. The molecular weight excluding hydrogens is 835 g/mol. The van der Waals surface area contributed by atoms with Gasteiger partial charge in [0, 0.05) is 42.9 Å². The number of aliphatic hydroxyl groups excluding tert-OH is 2. The summed E-state index contributed by atoms with van der Waals surface area (Å²) >= 11 is 1.51. The van der Waals surface area contributed by atoms with Crippen LogP contribution in [0.15, 0.2) is 24.8 Å². The van der Waals surface area contributed by atoms with Gasteiger partial charge in [-0.05, 0) is 6.42 Å². The molecule has 1 aliphatic rings. The Kier molecular flexibility index (Phi) is 17.5. The SMILES string of the molecule is CC(C)(COP(=O)(O)OP(=O)(O)OC[C@H]1O[C@@H](n2cnc3c(N)ncnc32)[C@H](O)[C@@H]1OP(=O)(O)O)[C@@H](O)C(=O)NCCC(=O)NCCSCC=CCCC(=O)O. The number of phosphoric acid groups is 3. The largest absolute Gasteiger partial charge is 0.481 e. The molecule has 2 unspecified atom stereocenters. The van der Waals surface area contributed by atoms with Gasteiger partial charge < -0.3 is 56.0 Å². The van der Waals surface area contributed by atoms with Crippen LogP contribution in [0.1, 0.15) is 39.3 Å². The lowest BCUT2D eigenvalue weighted by Crippen LogP contribution is -2.46. The first-order chi connectivity index (χ1) is 26.0. The van der Waals surface area contributed by atoms with Crippen molar-refractivity contribution in [2.45, 2.75) is 63.8 Å². The van der Waals surface area contributed by atoms with E-state index < -0.39 is 84.6 Å². The molecule has 1 aliphatic heterocycles. The highest BCUT2D eigenvalue weighted by Crippen LogP contribution is 2.61. The Balaban J connectivity index is 1.46. The lowest BCUT2D eigenvalue weighted by atomic mass is 9.87. The molecule has 0 bridgehead atoms. The van der Waals surface area contributed by atoms with Crippen molar-refractivity contribution in [3.05, 3.63) is 24.8 Å². The molecule has 0 aromatic carbocycles. The molecule has 2 aromatic rings. The smallest absolute Gasteiger partial charge is 0.481 e. The summed E-state index contributed by atoms with van der Waals surface area (Å²) in [5, 5.41) is 35.0. The Morgan fingerprint density at radius 1 is 1.05 bits per heavy atom. The molecule has 0 aliphatic carbocycles. The zero-order valence-electron chi connectivity index (χ0n) is 29.8. The number of anilines is 1. The summed E-state index contributed by atoms with van der Waals surface area (Å²) in [6.07, 6.45) is -2.82. The maximum atomic E-state index is 12.7. The van der Waals surface area contributed by atoms with Crippen LogP contribution in [0.5, 0.6) is 0 Å². The summed E-state index contributed by atoms with van der Waals surface area (Å²) in [5.74, 6) is -1.06. The molecule has 0 spiro atoms. The van der Waals surface area contributed by atoms with Crippen LogP contribution in [0.4, 0.5) is 5.82 Å². The number of aromatic nitrogens is 4. The number of hydrogen-bond acceptors (Lipinski definition) is 18. The molecule has 56 heavy (non-hydrogen) atoms.